The van der Waals surface area contributed by atoms with Gasteiger partial charge in [-0.1, -0.05) is 24.3 Å². The number of carbonyl (C=O) groups is 2. The Morgan fingerprint density at radius 3 is 2.32 bits per heavy atom. The Bertz CT molecular complexity index is 921. The molecular weight excluding hydrogens is 466 g/mol. The van der Waals surface area contributed by atoms with E-state index in [-0.39, 0.29) is 13.0 Å². The molecule has 0 aliphatic heterocycles. The number of carboxylic acid groups (broad SMARTS) is 1. The lowest BCUT2D eigenvalue weighted by Gasteiger charge is -2.23. The molecule has 0 saturated heterocycles. The summed E-state index contributed by atoms with van der Waals surface area (Å²) in [7, 11) is 1.60. The normalized spacial score (nSPS) is 12.1. The number of hydrogen-bond donors (Lipinski definition) is 2. The number of hydrogen-bond acceptors (Lipinski definition) is 5. The van der Waals surface area contributed by atoms with Crippen LogP contribution in [0, 0.1) is 6.92 Å². The first-order valence-corrected chi connectivity index (χ1v) is 10.6. The quantitative estimate of drug-likeness (QED) is 0.544. The minimum atomic E-state index is -1.17. The van der Waals surface area contributed by atoms with Gasteiger partial charge in [0.25, 0.3) is 0 Å². The molecule has 0 radical (unpaired) electrons. The van der Waals surface area contributed by atoms with Crippen molar-refractivity contribution >= 4 is 28.0 Å². The molecular formula is C23H28BrNO6. The second kappa shape index (κ2) is 10.5. The average Bonchev–Trinajstić information content (AvgIpc) is 2.68. The van der Waals surface area contributed by atoms with Crippen LogP contribution in [-0.2, 0) is 22.6 Å². The summed E-state index contributed by atoms with van der Waals surface area (Å²) < 4.78 is 17.1. The molecule has 0 saturated carbocycles. The third kappa shape index (κ3) is 7.47. The lowest BCUT2D eigenvalue weighted by atomic mass is 10.0. The highest BCUT2D eigenvalue weighted by Crippen LogP contribution is 2.34. The minimum Gasteiger partial charge on any atom is -0.497 e. The molecule has 1 unspecified atom stereocenters. The highest BCUT2D eigenvalue weighted by Gasteiger charge is 2.26. The Hall–Kier alpha value is -2.74. The number of methoxy groups -OCH3 is 1. The molecule has 0 aromatic heterocycles. The summed E-state index contributed by atoms with van der Waals surface area (Å²) in [6.45, 7) is 7.34. The number of carboxylic acids is 1. The Labute approximate surface area is 190 Å². The van der Waals surface area contributed by atoms with Gasteiger partial charge >= 0.3 is 12.1 Å². The molecule has 1 amide bonds. The molecule has 0 fully saturated rings. The molecule has 2 N–H and O–H groups in total. The lowest BCUT2D eigenvalue weighted by Crippen LogP contribution is -2.44. The molecule has 0 aliphatic rings. The molecule has 0 heterocycles. The van der Waals surface area contributed by atoms with E-state index in [1.807, 2.05) is 37.3 Å². The van der Waals surface area contributed by atoms with Gasteiger partial charge in [-0.15, -0.1) is 0 Å². The number of carbonyl (C=O) groups excluding carboxylic acids is 1. The van der Waals surface area contributed by atoms with Gasteiger partial charge in [-0.3, -0.25) is 0 Å². The molecule has 168 valence electrons. The van der Waals surface area contributed by atoms with E-state index in [9.17, 15) is 14.7 Å². The van der Waals surface area contributed by atoms with Crippen molar-refractivity contribution in [3.05, 3.63) is 57.6 Å². The summed E-state index contributed by atoms with van der Waals surface area (Å²) in [5, 5.41) is 12.0. The first-order valence-electron chi connectivity index (χ1n) is 9.76. The predicted molar refractivity (Wildman–Crippen MR) is 121 cm³/mol. The van der Waals surface area contributed by atoms with Crippen molar-refractivity contribution in [3.8, 4) is 11.5 Å². The van der Waals surface area contributed by atoms with Crippen LogP contribution in [0.1, 0.15) is 37.5 Å². The molecule has 2 aromatic rings. The number of benzene rings is 2. The zero-order valence-corrected chi connectivity index (χ0v) is 19.9. The standard InChI is InChI=1S/C23H28BrNO6/c1-14-6-9-16(12-18(21(26)27)25-22(28)31-23(2,3)4)20(19(14)24)30-13-15-7-10-17(29-5)11-8-15/h6-11,18H,12-13H2,1-5H3,(H,25,28)(H,26,27). The fourth-order valence-electron chi connectivity index (χ4n) is 2.76. The lowest BCUT2D eigenvalue weighted by molar-refractivity contribution is -0.139. The van der Waals surface area contributed by atoms with E-state index >= 15 is 0 Å². The van der Waals surface area contributed by atoms with Crippen molar-refractivity contribution in [1.29, 1.82) is 0 Å². The Morgan fingerprint density at radius 2 is 1.77 bits per heavy atom. The number of aliphatic carboxylic acids is 1. The van der Waals surface area contributed by atoms with Crippen LogP contribution in [0.3, 0.4) is 0 Å². The molecule has 1 atom stereocenters. The minimum absolute atomic E-state index is 0.0331. The zero-order valence-electron chi connectivity index (χ0n) is 18.3. The Morgan fingerprint density at radius 1 is 1.13 bits per heavy atom. The van der Waals surface area contributed by atoms with E-state index in [2.05, 4.69) is 21.2 Å². The number of halogens is 1. The summed E-state index contributed by atoms with van der Waals surface area (Å²) in [6, 6.07) is 9.97. The maximum atomic E-state index is 12.1. The van der Waals surface area contributed by atoms with Crippen LogP contribution in [0.5, 0.6) is 11.5 Å². The summed E-state index contributed by atoms with van der Waals surface area (Å²) in [5.74, 6) is 0.121. The smallest absolute Gasteiger partial charge is 0.408 e. The SMILES string of the molecule is COc1ccc(COc2c(CC(NC(=O)OC(C)(C)C)C(=O)O)ccc(C)c2Br)cc1. The van der Waals surface area contributed by atoms with Gasteiger partial charge < -0.3 is 24.6 Å². The number of alkyl carbamates (subject to hydrolysis) is 1. The Kier molecular flexibility index (Phi) is 8.33. The predicted octanol–water partition coefficient (Wildman–Crippen LogP) is 4.87. The van der Waals surface area contributed by atoms with E-state index in [1.54, 1.807) is 33.9 Å². The first-order chi connectivity index (χ1) is 14.5. The van der Waals surface area contributed by atoms with Crippen LogP contribution in [0.2, 0.25) is 0 Å². The summed E-state index contributed by atoms with van der Waals surface area (Å²) in [4.78, 5) is 23.9. The third-order valence-corrected chi connectivity index (χ3v) is 5.31. The fraction of sp³-hybridized carbons (Fsp3) is 0.391. The second-order valence-electron chi connectivity index (χ2n) is 8.06. The average molecular weight is 494 g/mol. The molecule has 2 aromatic carbocycles. The molecule has 31 heavy (non-hydrogen) atoms. The molecule has 0 aliphatic carbocycles. The van der Waals surface area contributed by atoms with E-state index in [0.29, 0.717) is 11.3 Å². The summed E-state index contributed by atoms with van der Waals surface area (Å²) >= 11 is 3.54. The van der Waals surface area contributed by atoms with Crippen molar-refractivity contribution in [2.45, 2.75) is 52.4 Å². The van der Waals surface area contributed by atoms with Gasteiger partial charge in [0, 0.05) is 6.42 Å². The highest BCUT2D eigenvalue weighted by molar-refractivity contribution is 9.10. The van der Waals surface area contributed by atoms with Crippen molar-refractivity contribution in [2.24, 2.45) is 0 Å². The zero-order chi connectivity index (χ0) is 23.2. The highest BCUT2D eigenvalue weighted by atomic mass is 79.9. The van der Waals surface area contributed by atoms with Crippen molar-refractivity contribution in [1.82, 2.24) is 5.32 Å². The van der Waals surface area contributed by atoms with Gasteiger partial charge in [0.2, 0.25) is 0 Å². The molecule has 0 bridgehead atoms. The topological polar surface area (TPSA) is 94.1 Å². The van der Waals surface area contributed by atoms with E-state index in [0.717, 1.165) is 21.3 Å². The molecule has 8 heteroatoms. The first kappa shape index (κ1) is 24.5. The van der Waals surface area contributed by atoms with Crippen LogP contribution in [-0.4, -0.2) is 35.9 Å². The van der Waals surface area contributed by atoms with Crippen LogP contribution in [0.15, 0.2) is 40.9 Å². The van der Waals surface area contributed by atoms with Crippen molar-refractivity contribution in [3.63, 3.8) is 0 Å². The van der Waals surface area contributed by atoms with Gasteiger partial charge in [-0.05, 0) is 72.4 Å². The van der Waals surface area contributed by atoms with E-state index in [4.69, 9.17) is 14.2 Å². The number of ether oxygens (including phenoxy) is 3. The maximum Gasteiger partial charge on any atom is 0.408 e. The van der Waals surface area contributed by atoms with Crippen molar-refractivity contribution in [2.75, 3.05) is 7.11 Å². The van der Waals surface area contributed by atoms with Gasteiger partial charge in [-0.25, -0.2) is 9.59 Å². The second-order valence-corrected chi connectivity index (χ2v) is 8.86. The number of nitrogens with one attached hydrogen (secondary N) is 1. The van der Waals surface area contributed by atoms with E-state index < -0.39 is 23.7 Å². The van der Waals surface area contributed by atoms with Crippen LogP contribution in [0.4, 0.5) is 4.79 Å². The summed E-state index contributed by atoms with van der Waals surface area (Å²) in [6.07, 6.45) is -0.752. The van der Waals surface area contributed by atoms with Gasteiger partial charge in [0.05, 0.1) is 11.6 Å². The summed E-state index contributed by atoms with van der Waals surface area (Å²) in [5.41, 5.74) is 1.80. The third-order valence-electron chi connectivity index (χ3n) is 4.33. The number of amides is 1. The van der Waals surface area contributed by atoms with Crippen LogP contribution >= 0.6 is 15.9 Å². The largest absolute Gasteiger partial charge is 0.497 e. The van der Waals surface area contributed by atoms with Crippen LogP contribution in [0.25, 0.3) is 0 Å². The number of rotatable bonds is 8. The molecule has 7 nitrogen and oxygen atoms in total. The van der Waals surface area contributed by atoms with Gasteiger partial charge in [-0.2, -0.15) is 0 Å². The monoisotopic (exact) mass is 493 g/mol. The fourth-order valence-corrected chi connectivity index (χ4v) is 3.26. The Balaban J connectivity index is 2.21. The van der Waals surface area contributed by atoms with E-state index in [1.165, 1.54) is 0 Å². The van der Waals surface area contributed by atoms with Crippen LogP contribution < -0.4 is 14.8 Å². The maximum absolute atomic E-state index is 12.1. The number of aryl methyl sites for hydroxylation is 1. The molecule has 0 spiro atoms. The van der Waals surface area contributed by atoms with Gasteiger partial charge in [0.1, 0.15) is 29.7 Å². The van der Waals surface area contributed by atoms with Crippen molar-refractivity contribution < 1.29 is 28.9 Å². The van der Waals surface area contributed by atoms with Gasteiger partial charge in [0.15, 0.2) is 0 Å². The molecule has 2 rings (SSSR count).